The molecule has 7 heteroatoms. The Hall–Kier alpha value is -1.44. The summed E-state index contributed by atoms with van der Waals surface area (Å²) in [5.74, 6) is 6.86. The molecule has 0 aromatic carbocycles. The van der Waals surface area contributed by atoms with Gasteiger partial charge in [-0.05, 0) is 40.1 Å². The largest absolute Gasteiger partial charge is 0.359 e. The minimum absolute atomic E-state index is 0.466. The molecule has 0 aliphatic carbocycles. The summed E-state index contributed by atoms with van der Waals surface area (Å²) in [5.41, 5.74) is 2.55. The average molecular weight is 294 g/mol. The second-order valence-electron chi connectivity index (χ2n) is 5.17. The lowest BCUT2D eigenvalue weighted by Gasteiger charge is -2.20. The summed E-state index contributed by atoms with van der Waals surface area (Å²) in [4.78, 5) is 15.5. The first kappa shape index (κ1) is 15.0. The SMILES string of the molecule is Cc1cc2c(N(C)CCCN(C)C)nc(NN)nc2s1. The molecule has 0 amide bonds. The van der Waals surface area contributed by atoms with Crippen LogP contribution in [-0.2, 0) is 0 Å². The molecule has 6 nitrogen and oxygen atoms in total. The molecule has 20 heavy (non-hydrogen) atoms. The first-order valence-corrected chi connectivity index (χ1v) is 7.43. The van der Waals surface area contributed by atoms with Gasteiger partial charge >= 0.3 is 0 Å². The number of nitrogens with two attached hydrogens (primary N) is 1. The number of nitrogens with zero attached hydrogens (tertiary/aromatic N) is 4. The van der Waals surface area contributed by atoms with Crippen molar-refractivity contribution in [2.75, 3.05) is 44.6 Å². The minimum atomic E-state index is 0.466. The number of thiophene rings is 1. The predicted octanol–water partition coefficient (Wildman–Crippen LogP) is 1.67. The molecular weight excluding hydrogens is 272 g/mol. The van der Waals surface area contributed by atoms with E-state index in [4.69, 9.17) is 5.84 Å². The van der Waals surface area contributed by atoms with E-state index in [1.807, 2.05) is 0 Å². The molecule has 2 aromatic heterocycles. The second kappa shape index (κ2) is 6.34. The van der Waals surface area contributed by atoms with E-state index in [-0.39, 0.29) is 0 Å². The Balaban J connectivity index is 2.26. The highest BCUT2D eigenvalue weighted by atomic mass is 32.1. The Morgan fingerprint density at radius 2 is 2.00 bits per heavy atom. The van der Waals surface area contributed by atoms with Gasteiger partial charge < -0.3 is 9.80 Å². The Morgan fingerprint density at radius 1 is 1.25 bits per heavy atom. The Bertz CT molecular complexity index is 579. The van der Waals surface area contributed by atoms with Crippen LogP contribution in [0.15, 0.2) is 6.07 Å². The molecule has 0 spiro atoms. The monoisotopic (exact) mass is 294 g/mol. The Labute approximate surface area is 123 Å². The van der Waals surface area contributed by atoms with Gasteiger partial charge in [-0.2, -0.15) is 4.98 Å². The van der Waals surface area contributed by atoms with Gasteiger partial charge in [-0.25, -0.2) is 10.8 Å². The molecule has 2 rings (SSSR count). The van der Waals surface area contributed by atoms with Crippen LogP contribution >= 0.6 is 11.3 Å². The van der Waals surface area contributed by atoms with Crippen LogP contribution in [0.3, 0.4) is 0 Å². The third-order valence-corrected chi connectivity index (χ3v) is 4.03. The highest BCUT2D eigenvalue weighted by Crippen LogP contribution is 2.31. The number of aromatic nitrogens is 2. The van der Waals surface area contributed by atoms with Gasteiger partial charge in [0.15, 0.2) is 0 Å². The summed E-state index contributed by atoms with van der Waals surface area (Å²) in [6, 6.07) is 2.14. The fourth-order valence-electron chi connectivity index (χ4n) is 2.11. The number of nitrogen functional groups attached to an aromatic ring is 1. The summed E-state index contributed by atoms with van der Waals surface area (Å²) >= 11 is 1.66. The van der Waals surface area contributed by atoms with Crippen molar-refractivity contribution in [2.45, 2.75) is 13.3 Å². The number of fused-ring (bicyclic) bond motifs is 1. The summed E-state index contributed by atoms with van der Waals surface area (Å²) in [5, 5.41) is 1.10. The van der Waals surface area contributed by atoms with Crippen LogP contribution in [0.4, 0.5) is 11.8 Å². The summed E-state index contributed by atoms with van der Waals surface area (Å²) in [7, 11) is 6.23. The molecular formula is C13H22N6S. The molecule has 0 aliphatic rings. The maximum absolute atomic E-state index is 5.46. The van der Waals surface area contributed by atoms with Crippen LogP contribution < -0.4 is 16.2 Å². The molecule has 0 unspecified atom stereocenters. The van der Waals surface area contributed by atoms with Crippen LogP contribution in [0.25, 0.3) is 10.2 Å². The first-order chi connectivity index (χ1) is 9.51. The van der Waals surface area contributed by atoms with E-state index < -0.39 is 0 Å². The maximum atomic E-state index is 5.46. The van der Waals surface area contributed by atoms with E-state index in [1.165, 1.54) is 4.88 Å². The molecule has 0 aliphatic heterocycles. The van der Waals surface area contributed by atoms with Crippen molar-refractivity contribution in [2.24, 2.45) is 5.84 Å². The predicted molar refractivity (Wildman–Crippen MR) is 86.4 cm³/mol. The van der Waals surface area contributed by atoms with Crippen LogP contribution in [0.2, 0.25) is 0 Å². The molecule has 0 atom stereocenters. The molecule has 0 saturated heterocycles. The number of hydrazine groups is 1. The molecule has 0 fully saturated rings. The molecule has 3 N–H and O–H groups in total. The van der Waals surface area contributed by atoms with Crippen molar-refractivity contribution in [1.29, 1.82) is 0 Å². The average Bonchev–Trinajstić information content (AvgIpc) is 2.76. The van der Waals surface area contributed by atoms with Crippen LogP contribution in [0.1, 0.15) is 11.3 Å². The first-order valence-electron chi connectivity index (χ1n) is 6.62. The number of hydrogen-bond acceptors (Lipinski definition) is 7. The lowest BCUT2D eigenvalue weighted by molar-refractivity contribution is 0.401. The number of aryl methyl sites for hydroxylation is 1. The van der Waals surface area contributed by atoms with Crippen LogP contribution in [-0.4, -0.2) is 49.1 Å². The highest BCUT2D eigenvalue weighted by molar-refractivity contribution is 7.18. The lowest BCUT2D eigenvalue weighted by Crippen LogP contribution is -2.24. The van der Waals surface area contributed by atoms with Gasteiger partial charge in [0.05, 0.1) is 5.39 Å². The van der Waals surface area contributed by atoms with E-state index in [9.17, 15) is 0 Å². The van der Waals surface area contributed by atoms with E-state index in [0.717, 1.165) is 35.5 Å². The van der Waals surface area contributed by atoms with Crippen molar-refractivity contribution >= 4 is 33.3 Å². The van der Waals surface area contributed by atoms with Gasteiger partial charge in [-0.3, -0.25) is 5.43 Å². The maximum Gasteiger partial charge on any atom is 0.240 e. The smallest absolute Gasteiger partial charge is 0.240 e. The number of anilines is 2. The van der Waals surface area contributed by atoms with Gasteiger partial charge in [0.1, 0.15) is 10.6 Å². The standard InChI is InChI=1S/C13H22N6S/c1-9-8-10-11(19(4)7-5-6-18(2)3)15-13(17-14)16-12(10)20-9/h8H,5-7,14H2,1-4H3,(H,15,16,17). The van der Waals surface area contributed by atoms with Crippen molar-refractivity contribution in [3.8, 4) is 0 Å². The topological polar surface area (TPSA) is 70.3 Å². The summed E-state index contributed by atoms with van der Waals surface area (Å²) in [6.45, 7) is 4.09. The quantitative estimate of drug-likeness (QED) is 0.624. The van der Waals surface area contributed by atoms with Gasteiger partial charge in [-0.15, -0.1) is 11.3 Å². The number of rotatable bonds is 6. The van der Waals surface area contributed by atoms with Gasteiger partial charge in [0.25, 0.3) is 0 Å². The molecule has 0 saturated carbocycles. The van der Waals surface area contributed by atoms with Gasteiger partial charge in [-0.1, -0.05) is 0 Å². The minimum Gasteiger partial charge on any atom is -0.359 e. The lowest BCUT2D eigenvalue weighted by atomic mass is 10.3. The second-order valence-corrected chi connectivity index (χ2v) is 6.40. The van der Waals surface area contributed by atoms with E-state index in [2.05, 4.69) is 59.3 Å². The van der Waals surface area contributed by atoms with Gasteiger partial charge in [0, 0.05) is 18.5 Å². The van der Waals surface area contributed by atoms with Crippen molar-refractivity contribution in [3.63, 3.8) is 0 Å². The van der Waals surface area contributed by atoms with Crippen molar-refractivity contribution in [1.82, 2.24) is 14.9 Å². The fourth-order valence-corrected chi connectivity index (χ4v) is 2.99. The number of hydrogen-bond donors (Lipinski definition) is 2. The zero-order valence-corrected chi connectivity index (χ0v) is 13.3. The fraction of sp³-hybridized carbons (Fsp3) is 0.538. The molecule has 2 aromatic rings. The molecule has 0 bridgehead atoms. The van der Waals surface area contributed by atoms with E-state index >= 15 is 0 Å². The normalized spacial score (nSPS) is 11.3. The Morgan fingerprint density at radius 3 is 2.65 bits per heavy atom. The van der Waals surface area contributed by atoms with Gasteiger partial charge in [0.2, 0.25) is 5.95 Å². The molecule has 2 heterocycles. The van der Waals surface area contributed by atoms with E-state index in [1.54, 1.807) is 11.3 Å². The van der Waals surface area contributed by atoms with Crippen molar-refractivity contribution < 1.29 is 0 Å². The summed E-state index contributed by atoms with van der Waals surface area (Å²) < 4.78 is 0. The Kier molecular flexibility index (Phi) is 4.74. The molecule has 0 radical (unpaired) electrons. The summed E-state index contributed by atoms with van der Waals surface area (Å²) in [6.07, 6.45) is 1.09. The van der Waals surface area contributed by atoms with Crippen LogP contribution in [0, 0.1) is 6.92 Å². The van der Waals surface area contributed by atoms with E-state index in [0.29, 0.717) is 5.95 Å². The van der Waals surface area contributed by atoms with Crippen LogP contribution in [0.5, 0.6) is 0 Å². The third kappa shape index (κ3) is 3.36. The zero-order chi connectivity index (χ0) is 14.7. The third-order valence-electron chi connectivity index (χ3n) is 3.09. The van der Waals surface area contributed by atoms with Crippen molar-refractivity contribution in [3.05, 3.63) is 10.9 Å². The highest BCUT2D eigenvalue weighted by Gasteiger charge is 2.13. The molecule has 110 valence electrons. The zero-order valence-electron chi connectivity index (χ0n) is 12.5. The number of nitrogens with one attached hydrogen (secondary N) is 1.